The Morgan fingerprint density at radius 3 is 2.94 bits per heavy atom. The van der Waals surface area contributed by atoms with Crippen molar-refractivity contribution in [3.05, 3.63) is 35.7 Å². The number of aliphatic hydroxyl groups excluding tert-OH is 1. The summed E-state index contributed by atoms with van der Waals surface area (Å²) in [6.07, 6.45) is 4.90. The van der Waals surface area contributed by atoms with Crippen LogP contribution in [0.25, 0.3) is 0 Å². The van der Waals surface area contributed by atoms with E-state index in [1.54, 1.807) is 0 Å². The van der Waals surface area contributed by atoms with Gasteiger partial charge in [0.25, 0.3) is 0 Å². The molecule has 17 heavy (non-hydrogen) atoms. The van der Waals surface area contributed by atoms with Crippen molar-refractivity contribution in [2.45, 2.75) is 39.3 Å². The van der Waals surface area contributed by atoms with E-state index in [4.69, 9.17) is 4.52 Å². The number of rotatable bonds is 5. The number of hydrogen-bond acceptors (Lipinski definition) is 4. The van der Waals surface area contributed by atoms with Crippen molar-refractivity contribution in [1.82, 2.24) is 14.7 Å². The summed E-state index contributed by atoms with van der Waals surface area (Å²) in [5, 5.41) is 13.5. The molecule has 2 aromatic heterocycles. The highest BCUT2D eigenvalue weighted by molar-refractivity contribution is 5.13. The third-order valence-electron chi connectivity index (χ3n) is 2.69. The van der Waals surface area contributed by atoms with E-state index in [0.29, 0.717) is 18.9 Å². The third kappa shape index (κ3) is 2.74. The summed E-state index contributed by atoms with van der Waals surface area (Å²) in [4.78, 5) is 4.24. The van der Waals surface area contributed by atoms with Gasteiger partial charge < -0.3 is 14.2 Å². The minimum atomic E-state index is -0.398. The van der Waals surface area contributed by atoms with Crippen molar-refractivity contribution in [2.75, 3.05) is 0 Å². The summed E-state index contributed by atoms with van der Waals surface area (Å²) in [6, 6.07) is 1.91. The molecule has 5 nitrogen and oxygen atoms in total. The second kappa shape index (κ2) is 5.14. The molecule has 2 aromatic rings. The van der Waals surface area contributed by atoms with Gasteiger partial charge in [-0.3, -0.25) is 0 Å². The van der Waals surface area contributed by atoms with Crippen LogP contribution in [0.4, 0.5) is 0 Å². The summed E-state index contributed by atoms with van der Waals surface area (Å²) in [5.74, 6) is 1.32. The van der Waals surface area contributed by atoms with Gasteiger partial charge in [0.15, 0.2) is 5.82 Å². The van der Waals surface area contributed by atoms with Gasteiger partial charge in [-0.15, -0.1) is 0 Å². The summed E-state index contributed by atoms with van der Waals surface area (Å²) in [5.41, 5.74) is 0.919. The molecule has 0 aliphatic carbocycles. The lowest BCUT2D eigenvalue weighted by molar-refractivity contribution is 0.173. The maximum atomic E-state index is 9.69. The first kappa shape index (κ1) is 11.9. The van der Waals surface area contributed by atoms with Crippen LogP contribution in [0, 0.1) is 0 Å². The number of aromatic nitrogens is 3. The fourth-order valence-electron chi connectivity index (χ4n) is 1.64. The van der Waals surface area contributed by atoms with Crippen LogP contribution in [0.2, 0.25) is 0 Å². The second-order valence-electron chi connectivity index (χ2n) is 4.00. The quantitative estimate of drug-likeness (QED) is 0.860. The number of aliphatic hydroxyl groups is 1. The molecule has 0 aliphatic rings. The summed E-state index contributed by atoms with van der Waals surface area (Å²) in [7, 11) is 0. The van der Waals surface area contributed by atoms with Gasteiger partial charge in [0.2, 0.25) is 5.89 Å². The lowest BCUT2D eigenvalue weighted by Crippen LogP contribution is -1.98. The lowest BCUT2D eigenvalue weighted by Gasteiger charge is -2.03. The maximum absolute atomic E-state index is 9.69. The zero-order chi connectivity index (χ0) is 12.3. The van der Waals surface area contributed by atoms with Crippen LogP contribution in [-0.2, 0) is 13.0 Å². The first-order valence-electron chi connectivity index (χ1n) is 5.88. The van der Waals surface area contributed by atoms with Crippen LogP contribution in [0.3, 0.4) is 0 Å². The predicted molar refractivity (Wildman–Crippen MR) is 62.5 cm³/mol. The van der Waals surface area contributed by atoms with E-state index in [1.807, 2.05) is 36.9 Å². The Morgan fingerprint density at radius 1 is 1.47 bits per heavy atom. The normalized spacial score (nSPS) is 12.9. The van der Waals surface area contributed by atoms with Gasteiger partial charge >= 0.3 is 0 Å². The minimum absolute atomic E-state index is 0.398. The topological polar surface area (TPSA) is 64.1 Å². The fraction of sp³-hybridized carbons (Fsp3) is 0.500. The van der Waals surface area contributed by atoms with Crippen LogP contribution in [0.5, 0.6) is 0 Å². The molecule has 0 fully saturated rings. The van der Waals surface area contributed by atoms with Gasteiger partial charge in [0.05, 0.1) is 6.10 Å². The van der Waals surface area contributed by atoms with E-state index in [-0.39, 0.29) is 0 Å². The Morgan fingerprint density at radius 2 is 2.29 bits per heavy atom. The van der Waals surface area contributed by atoms with E-state index < -0.39 is 6.10 Å². The summed E-state index contributed by atoms with van der Waals surface area (Å²) < 4.78 is 7.04. The molecular weight excluding hydrogens is 218 g/mol. The van der Waals surface area contributed by atoms with Crippen LogP contribution < -0.4 is 0 Å². The Labute approximate surface area is 100 Å². The third-order valence-corrected chi connectivity index (χ3v) is 2.69. The molecule has 1 atom stereocenters. The van der Waals surface area contributed by atoms with Gasteiger partial charge in [0, 0.05) is 18.8 Å². The molecule has 2 rings (SSSR count). The smallest absolute Gasteiger partial charge is 0.246 e. The Kier molecular flexibility index (Phi) is 3.58. The van der Waals surface area contributed by atoms with Gasteiger partial charge in [-0.2, -0.15) is 4.98 Å². The maximum Gasteiger partial charge on any atom is 0.246 e. The highest BCUT2D eigenvalue weighted by atomic mass is 16.5. The van der Waals surface area contributed by atoms with Crippen molar-refractivity contribution in [3.63, 3.8) is 0 Å². The van der Waals surface area contributed by atoms with Crippen molar-refractivity contribution in [3.8, 4) is 0 Å². The first-order chi connectivity index (χ1) is 8.22. The monoisotopic (exact) mass is 235 g/mol. The van der Waals surface area contributed by atoms with Gasteiger partial charge in [0.1, 0.15) is 6.54 Å². The SMILES string of the molecule is CCc1noc(Cn2ccc(C(O)CC)c2)n1. The molecule has 0 aliphatic heterocycles. The van der Waals surface area contributed by atoms with E-state index in [2.05, 4.69) is 10.1 Å². The molecule has 0 saturated heterocycles. The van der Waals surface area contributed by atoms with Crippen molar-refractivity contribution in [2.24, 2.45) is 0 Å². The molecule has 0 radical (unpaired) electrons. The minimum Gasteiger partial charge on any atom is -0.388 e. The molecular formula is C12H17N3O2. The Bertz CT molecular complexity index is 476. The predicted octanol–water partition coefficient (Wildman–Crippen LogP) is 1.93. The molecule has 2 heterocycles. The average molecular weight is 235 g/mol. The molecule has 1 unspecified atom stereocenters. The molecule has 0 saturated carbocycles. The van der Waals surface area contributed by atoms with E-state index >= 15 is 0 Å². The molecule has 0 spiro atoms. The summed E-state index contributed by atoms with van der Waals surface area (Å²) in [6.45, 7) is 4.48. The molecule has 0 amide bonds. The Balaban J connectivity index is 2.06. The summed E-state index contributed by atoms with van der Waals surface area (Å²) >= 11 is 0. The molecule has 0 aromatic carbocycles. The standard InChI is InChI=1S/C12H17N3O2/c1-3-10(16)9-5-6-15(7-9)8-12-13-11(4-2)14-17-12/h5-7,10,16H,3-4,8H2,1-2H3. The van der Waals surface area contributed by atoms with E-state index in [1.165, 1.54) is 0 Å². The van der Waals surface area contributed by atoms with Gasteiger partial charge in [-0.05, 0) is 18.1 Å². The Hall–Kier alpha value is -1.62. The zero-order valence-corrected chi connectivity index (χ0v) is 10.1. The molecule has 5 heteroatoms. The van der Waals surface area contributed by atoms with Crippen LogP contribution >= 0.6 is 0 Å². The molecule has 1 N–H and O–H groups in total. The lowest BCUT2D eigenvalue weighted by atomic mass is 10.1. The van der Waals surface area contributed by atoms with Crippen LogP contribution in [0.1, 0.15) is 43.7 Å². The van der Waals surface area contributed by atoms with E-state index in [0.717, 1.165) is 17.8 Å². The van der Waals surface area contributed by atoms with Crippen molar-refractivity contribution in [1.29, 1.82) is 0 Å². The first-order valence-corrected chi connectivity index (χ1v) is 5.88. The zero-order valence-electron chi connectivity index (χ0n) is 10.1. The van der Waals surface area contributed by atoms with Gasteiger partial charge in [-0.25, -0.2) is 0 Å². The number of hydrogen-bond donors (Lipinski definition) is 1. The highest BCUT2D eigenvalue weighted by Crippen LogP contribution is 2.16. The second-order valence-corrected chi connectivity index (χ2v) is 4.00. The van der Waals surface area contributed by atoms with E-state index in [9.17, 15) is 5.11 Å². The van der Waals surface area contributed by atoms with Crippen LogP contribution in [-0.4, -0.2) is 19.8 Å². The van der Waals surface area contributed by atoms with Crippen molar-refractivity contribution >= 4 is 0 Å². The number of nitrogens with zero attached hydrogens (tertiary/aromatic N) is 3. The van der Waals surface area contributed by atoms with Crippen molar-refractivity contribution < 1.29 is 9.63 Å². The highest BCUT2D eigenvalue weighted by Gasteiger charge is 2.09. The number of aryl methyl sites for hydroxylation is 1. The largest absolute Gasteiger partial charge is 0.388 e. The van der Waals surface area contributed by atoms with Gasteiger partial charge in [-0.1, -0.05) is 19.0 Å². The molecule has 92 valence electrons. The average Bonchev–Trinajstić information content (AvgIpc) is 2.97. The van der Waals surface area contributed by atoms with Crippen LogP contribution in [0.15, 0.2) is 23.0 Å². The fourth-order valence-corrected chi connectivity index (χ4v) is 1.64. The molecule has 0 bridgehead atoms.